The zero-order valence-electron chi connectivity index (χ0n) is 19.6. The van der Waals surface area contributed by atoms with Crippen LogP contribution in [-0.2, 0) is 23.8 Å². The van der Waals surface area contributed by atoms with Crippen molar-refractivity contribution in [2.24, 2.45) is 23.7 Å². The summed E-state index contributed by atoms with van der Waals surface area (Å²) >= 11 is 3.41. The standard InChI is InChI=1S/C26H33BrO6/c1-15(2)26-13-20(31-22(30)14-28)25(4,33-26)19-11-5-16(3)23(19)24(26)32-21(29)12-8-17-6-9-18(27)10-7-17/h6-10,12,15-16,19-20,23-24,28H,5,11,13-14H2,1-4H3/b12-8+/t16-,19?,20?,23?,24+,25-,26+/m1/s1. The van der Waals surface area contributed by atoms with Gasteiger partial charge in [0.2, 0.25) is 0 Å². The van der Waals surface area contributed by atoms with Crippen LogP contribution in [0.2, 0.25) is 0 Å². The molecule has 6 nitrogen and oxygen atoms in total. The number of benzene rings is 1. The number of aliphatic hydroxyl groups is 1. The lowest BCUT2D eigenvalue weighted by molar-refractivity contribution is -0.264. The van der Waals surface area contributed by atoms with Gasteiger partial charge in [-0.25, -0.2) is 9.59 Å². The van der Waals surface area contributed by atoms with Crippen molar-refractivity contribution in [3.63, 3.8) is 0 Å². The van der Waals surface area contributed by atoms with Gasteiger partial charge in [0.05, 0.1) is 0 Å². The predicted molar refractivity (Wildman–Crippen MR) is 127 cm³/mol. The molecule has 2 saturated heterocycles. The van der Waals surface area contributed by atoms with E-state index in [4.69, 9.17) is 14.2 Å². The van der Waals surface area contributed by atoms with Crippen molar-refractivity contribution in [3.05, 3.63) is 40.4 Å². The quantitative estimate of drug-likeness (QED) is 0.438. The van der Waals surface area contributed by atoms with Gasteiger partial charge in [-0.1, -0.05) is 48.8 Å². The normalized spacial score (nSPS) is 37.4. The Labute approximate surface area is 203 Å². The van der Waals surface area contributed by atoms with Crippen LogP contribution in [0.3, 0.4) is 0 Å². The van der Waals surface area contributed by atoms with Crippen LogP contribution in [0.4, 0.5) is 0 Å². The average Bonchev–Trinajstić information content (AvgIpc) is 3.29. The van der Waals surface area contributed by atoms with Crippen molar-refractivity contribution >= 4 is 33.9 Å². The molecule has 1 aromatic carbocycles. The minimum atomic E-state index is -0.754. The number of carbonyl (C=O) groups excluding carboxylic acids is 2. The molecule has 3 unspecified atom stereocenters. The van der Waals surface area contributed by atoms with Crippen LogP contribution in [0.5, 0.6) is 0 Å². The van der Waals surface area contributed by atoms with Crippen molar-refractivity contribution in [2.75, 3.05) is 6.61 Å². The zero-order chi connectivity index (χ0) is 24.0. The van der Waals surface area contributed by atoms with Crippen LogP contribution >= 0.6 is 15.9 Å². The first-order valence-corrected chi connectivity index (χ1v) is 12.5. The Balaban J connectivity index is 1.64. The fourth-order valence-corrected chi connectivity index (χ4v) is 6.61. The smallest absolute Gasteiger partial charge is 0.332 e. The van der Waals surface area contributed by atoms with Crippen molar-refractivity contribution in [3.8, 4) is 0 Å². The summed E-state index contributed by atoms with van der Waals surface area (Å²) in [6, 6.07) is 7.69. The second-order valence-electron chi connectivity index (χ2n) is 10.2. The number of hydrogen-bond acceptors (Lipinski definition) is 6. The molecule has 2 heterocycles. The van der Waals surface area contributed by atoms with Crippen molar-refractivity contribution in [1.29, 1.82) is 0 Å². The minimum Gasteiger partial charge on any atom is -0.457 e. The van der Waals surface area contributed by atoms with Crippen LogP contribution in [0.15, 0.2) is 34.8 Å². The first-order chi connectivity index (χ1) is 15.6. The van der Waals surface area contributed by atoms with Gasteiger partial charge in [-0.3, -0.25) is 0 Å². The van der Waals surface area contributed by atoms with Gasteiger partial charge in [0, 0.05) is 22.9 Å². The highest BCUT2D eigenvalue weighted by Gasteiger charge is 2.72. The lowest BCUT2D eigenvalue weighted by atomic mass is 9.69. The van der Waals surface area contributed by atoms with Gasteiger partial charge in [-0.2, -0.15) is 0 Å². The van der Waals surface area contributed by atoms with E-state index in [0.29, 0.717) is 12.3 Å². The van der Waals surface area contributed by atoms with Gasteiger partial charge in [0.15, 0.2) is 0 Å². The topological polar surface area (TPSA) is 82.1 Å². The molecular formula is C26H33BrO6. The fraction of sp³-hybridized carbons (Fsp3) is 0.615. The second kappa shape index (κ2) is 9.16. The highest BCUT2D eigenvalue weighted by atomic mass is 79.9. The number of esters is 2. The highest BCUT2D eigenvalue weighted by Crippen LogP contribution is 2.63. The minimum absolute atomic E-state index is 0.0386. The van der Waals surface area contributed by atoms with E-state index in [1.807, 2.05) is 31.2 Å². The molecule has 0 amide bonds. The molecule has 1 aliphatic carbocycles. The largest absolute Gasteiger partial charge is 0.457 e. The molecule has 3 fully saturated rings. The molecule has 180 valence electrons. The van der Waals surface area contributed by atoms with E-state index in [1.165, 1.54) is 6.08 Å². The van der Waals surface area contributed by atoms with Gasteiger partial charge in [-0.05, 0) is 61.3 Å². The first-order valence-electron chi connectivity index (χ1n) is 11.8. The van der Waals surface area contributed by atoms with Gasteiger partial charge in [0.1, 0.15) is 30.0 Å². The summed E-state index contributed by atoms with van der Waals surface area (Å²) in [4.78, 5) is 25.0. The van der Waals surface area contributed by atoms with Gasteiger partial charge in [0.25, 0.3) is 0 Å². The summed E-state index contributed by atoms with van der Waals surface area (Å²) < 4.78 is 19.6. The number of ether oxygens (including phenoxy) is 3. The highest BCUT2D eigenvalue weighted by molar-refractivity contribution is 9.10. The summed E-state index contributed by atoms with van der Waals surface area (Å²) in [5.74, 6) is -0.428. The monoisotopic (exact) mass is 520 g/mol. The maximum Gasteiger partial charge on any atom is 0.332 e. The number of fused-ring (bicyclic) bond motifs is 4. The maximum atomic E-state index is 13.0. The molecule has 1 aromatic rings. The van der Waals surface area contributed by atoms with E-state index in [-0.39, 0.29) is 17.8 Å². The molecule has 3 aliphatic rings. The SMILES string of the molecule is CC(C)[C@]12CC(OC(=O)CO)[C@](C)(O1)C1CC[C@@H](C)C1[C@@H]2OC(=O)/C=C/c1ccc(Br)cc1. The van der Waals surface area contributed by atoms with Crippen LogP contribution in [-0.4, -0.2) is 47.1 Å². The average molecular weight is 521 g/mol. The molecule has 1 N–H and O–H groups in total. The Hall–Kier alpha value is -1.70. The molecular weight excluding hydrogens is 488 g/mol. The van der Waals surface area contributed by atoms with Crippen LogP contribution in [0.1, 0.15) is 52.5 Å². The van der Waals surface area contributed by atoms with E-state index in [9.17, 15) is 14.7 Å². The second-order valence-corrected chi connectivity index (χ2v) is 11.1. The number of hydrogen-bond donors (Lipinski definition) is 1. The molecule has 7 heteroatoms. The third kappa shape index (κ3) is 4.28. The van der Waals surface area contributed by atoms with Crippen LogP contribution in [0, 0.1) is 23.7 Å². The van der Waals surface area contributed by atoms with Crippen molar-refractivity contribution in [2.45, 2.75) is 70.4 Å². The predicted octanol–water partition coefficient (Wildman–Crippen LogP) is 4.53. The maximum absolute atomic E-state index is 13.0. The molecule has 33 heavy (non-hydrogen) atoms. The van der Waals surface area contributed by atoms with E-state index in [1.54, 1.807) is 6.08 Å². The Morgan fingerprint density at radius 2 is 1.94 bits per heavy atom. The lowest BCUT2D eigenvalue weighted by Gasteiger charge is -2.52. The molecule has 0 radical (unpaired) electrons. The molecule has 2 bridgehead atoms. The summed E-state index contributed by atoms with van der Waals surface area (Å²) in [6.45, 7) is 7.70. The summed E-state index contributed by atoms with van der Waals surface area (Å²) in [5.41, 5.74) is -0.512. The fourth-order valence-electron chi connectivity index (χ4n) is 6.34. The molecule has 0 aromatic heterocycles. The van der Waals surface area contributed by atoms with Crippen LogP contribution < -0.4 is 0 Å². The lowest BCUT2D eigenvalue weighted by Crippen LogP contribution is -2.62. The van der Waals surface area contributed by atoms with Gasteiger partial charge < -0.3 is 19.3 Å². The Kier molecular flexibility index (Phi) is 6.78. The van der Waals surface area contributed by atoms with E-state index < -0.39 is 42.0 Å². The van der Waals surface area contributed by atoms with Crippen molar-refractivity contribution < 1.29 is 28.9 Å². The molecule has 0 spiro atoms. The molecule has 1 saturated carbocycles. The van der Waals surface area contributed by atoms with E-state index >= 15 is 0 Å². The number of halogens is 1. The summed E-state index contributed by atoms with van der Waals surface area (Å²) in [6.07, 6.45) is 4.67. The Morgan fingerprint density at radius 1 is 1.24 bits per heavy atom. The van der Waals surface area contributed by atoms with Crippen LogP contribution in [0.25, 0.3) is 6.08 Å². The number of carbonyl (C=O) groups is 2. The molecule has 4 rings (SSSR count). The third-order valence-corrected chi connectivity index (χ3v) is 8.61. The first kappa shape index (κ1) is 24.4. The summed E-state index contributed by atoms with van der Waals surface area (Å²) in [5, 5.41) is 9.27. The van der Waals surface area contributed by atoms with Gasteiger partial charge in [-0.15, -0.1) is 0 Å². The number of aliphatic hydroxyl groups excluding tert-OH is 1. The number of rotatable bonds is 6. The van der Waals surface area contributed by atoms with E-state index in [2.05, 4.69) is 36.7 Å². The molecule has 2 aliphatic heterocycles. The Morgan fingerprint density at radius 3 is 2.58 bits per heavy atom. The third-order valence-electron chi connectivity index (χ3n) is 8.08. The van der Waals surface area contributed by atoms with Crippen molar-refractivity contribution in [1.82, 2.24) is 0 Å². The van der Waals surface area contributed by atoms with Gasteiger partial charge >= 0.3 is 11.9 Å². The molecule has 7 atom stereocenters. The summed E-state index contributed by atoms with van der Waals surface area (Å²) in [7, 11) is 0. The zero-order valence-corrected chi connectivity index (χ0v) is 21.2. The van der Waals surface area contributed by atoms with E-state index in [0.717, 1.165) is 22.9 Å². The Bertz CT molecular complexity index is 927.